The molecule has 2 aromatic carbocycles. The molecule has 0 saturated carbocycles. The highest BCUT2D eigenvalue weighted by Gasteiger charge is 2.17. The van der Waals surface area contributed by atoms with Crippen LogP contribution in [0.4, 0.5) is 11.4 Å². The Bertz CT molecular complexity index is 729. The fourth-order valence-electron chi connectivity index (χ4n) is 2.38. The van der Waals surface area contributed by atoms with Gasteiger partial charge in [0.05, 0.1) is 4.92 Å². The maximum atomic E-state index is 11.6. The molecule has 2 aromatic rings. The van der Waals surface area contributed by atoms with E-state index in [9.17, 15) is 14.9 Å². The van der Waals surface area contributed by atoms with Gasteiger partial charge in [0.15, 0.2) is 0 Å². The molecule has 0 spiro atoms. The average molecular weight is 313 g/mol. The van der Waals surface area contributed by atoms with E-state index in [2.05, 4.69) is 17.6 Å². The number of nitro benzene ring substituents is 1. The van der Waals surface area contributed by atoms with E-state index in [0.717, 1.165) is 12.0 Å². The van der Waals surface area contributed by atoms with Crippen molar-refractivity contribution in [3.63, 3.8) is 0 Å². The minimum Gasteiger partial charge on any atom is -0.375 e. The number of nitrogens with zero attached hydrogens (tertiary/aromatic N) is 1. The lowest BCUT2D eigenvalue weighted by molar-refractivity contribution is -0.384. The number of aryl methyl sites for hydroxylation is 1. The maximum Gasteiger partial charge on any atom is 0.293 e. The number of amides is 1. The van der Waals surface area contributed by atoms with Crippen molar-refractivity contribution in [2.45, 2.75) is 19.9 Å². The number of rotatable bonds is 6. The first-order chi connectivity index (χ1) is 11.1. The first-order valence-electron chi connectivity index (χ1n) is 7.38. The summed E-state index contributed by atoms with van der Waals surface area (Å²) in [5.41, 5.74) is 2.84. The fourth-order valence-corrected chi connectivity index (χ4v) is 2.38. The zero-order valence-electron chi connectivity index (χ0n) is 13.1. The molecule has 0 aliphatic rings. The Hall–Kier alpha value is -2.89. The van der Waals surface area contributed by atoms with E-state index < -0.39 is 4.92 Å². The van der Waals surface area contributed by atoms with Crippen molar-refractivity contribution < 1.29 is 9.72 Å². The minimum absolute atomic E-state index is 0.111. The summed E-state index contributed by atoms with van der Waals surface area (Å²) in [6.45, 7) is 2.56. The van der Waals surface area contributed by atoms with Crippen molar-refractivity contribution in [2.75, 3.05) is 12.4 Å². The smallest absolute Gasteiger partial charge is 0.293 e. The van der Waals surface area contributed by atoms with Crippen LogP contribution in [0.3, 0.4) is 0 Å². The molecule has 1 amide bonds. The molecule has 0 radical (unpaired) electrons. The van der Waals surface area contributed by atoms with Gasteiger partial charge >= 0.3 is 0 Å². The van der Waals surface area contributed by atoms with Crippen molar-refractivity contribution in [1.29, 1.82) is 0 Å². The molecule has 120 valence electrons. The molecule has 6 heteroatoms. The van der Waals surface area contributed by atoms with E-state index in [1.807, 2.05) is 24.3 Å². The Morgan fingerprint density at radius 1 is 1.17 bits per heavy atom. The molecule has 23 heavy (non-hydrogen) atoms. The minimum atomic E-state index is -0.486. The van der Waals surface area contributed by atoms with E-state index in [1.165, 1.54) is 18.7 Å². The van der Waals surface area contributed by atoms with E-state index in [1.54, 1.807) is 12.1 Å². The van der Waals surface area contributed by atoms with Crippen LogP contribution >= 0.6 is 0 Å². The molecule has 0 fully saturated rings. The Morgan fingerprint density at radius 3 is 2.48 bits per heavy atom. The number of nitro groups is 1. The third-order valence-corrected chi connectivity index (χ3v) is 3.65. The molecule has 0 bridgehead atoms. The lowest BCUT2D eigenvalue weighted by Gasteiger charge is -2.11. The Kier molecular flexibility index (Phi) is 5.30. The zero-order chi connectivity index (χ0) is 16.8. The standard InChI is InChI=1S/C17H19N3O3/c1-3-12-6-4-5-7-14(12)11-19-15-9-8-13(17(21)18-2)10-16(15)20(22)23/h4-10,19H,3,11H2,1-2H3,(H,18,21). The number of benzene rings is 2. The lowest BCUT2D eigenvalue weighted by Crippen LogP contribution is -2.18. The van der Waals surface area contributed by atoms with Crippen molar-refractivity contribution >= 4 is 17.3 Å². The van der Waals surface area contributed by atoms with Gasteiger partial charge in [0, 0.05) is 25.2 Å². The van der Waals surface area contributed by atoms with Gasteiger partial charge in [-0.1, -0.05) is 31.2 Å². The number of anilines is 1. The third kappa shape index (κ3) is 3.85. The van der Waals surface area contributed by atoms with E-state index in [-0.39, 0.29) is 17.2 Å². The van der Waals surface area contributed by atoms with Gasteiger partial charge in [-0.2, -0.15) is 0 Å². The van der Waals surface area contributed by atoms with E-state index in [0.29, 0.717) is 12.2 Å². The molecule has 2 N–H and O–H groups in total. The van der Waals surface area contributed by atoms with Crippen LogP contribution in [0.2, 0.25) is 0 Å². The second kappa shape index (κ2) is 7.40. The molecular weight excluding hydrogens is 294 g/mol. The second-order valence-corrected chi connectivity index (χ2v) is 5.04. The Balaban J connectivity index is 2.25. The SMILES string of the molecule is CCc1ccccc1CNc1ccc(C(=O)NC)cc1[N+](=O)[O-]. The van der Waals surface area contributed by atoms with Crippen LogP contribution < -0.4 is 10.6 Å². The van der Waals surface area contributed by atoms with Gasteiger partial charge in [-0.25, -0.2) is 0 Å². The van der Waals surface area contributed by atoms with Crippen LogP contribution in [-0.2, 0) is 13.0 Å². The molecule has 6 nitrogen and oxygen atoms in total. The number of nitrogens with one attached hydrogen (secondary N) is 2. The zero-order valence-corrected chi connectivity index (χ0v) is 13.1. The monoisotopic (exact) mass is 313 g/mol. The molecular formula is C17H19N3O3. The summed E-state index contributed by atoms with van der Waals surface area (Å²) < 4.78 is 0. The highest BCUT2D eigenvalue weighted by atomic mass is 16.6. The predicted molar refractivity (Wildman–Crippen MR) is 89.6 cm³/mol. The summed E-state index contributed by atoms with van der Waals surface area (Å²) in [4.78, 5) is 22.4. The number of carbonyl (C=O) groups is 1. The van der Waals surface area contributed by atoms with Crippen LogP contribution in [0.1, 0.15) is 28.4 Å². The van der Waals surface area contributed by atoms with Gasteiger partial charge in [0.25, 0.3) is 11.6 Å². The topological polar surface area (TPSA) is 84.3 Å². The Morgan fingerprint density at radius 2 is 1.87 bits per heavy atom. The molecule has 0 aliphatic carbocycles. The van der Waals surface area contributed by atoms with E-state index in [4.69, 9.17) is 0 Å². The van der Waals surface area contributed by atoms with Crippen LogP contribution in [0.5, 0.6) is 0 Å². The fraction of sp³-hybridized carbons (Fsp3) is 0.235. The molecule has 0 aliphatic heterocycles. The van der Waals surface area contributed by atoms with Crippen LogP contribution in [0.15, 0.2) is 42.5 Å². The van der Waals surface area contributed by atoms with Crippen molar-refractivity contribution in [1.82, 2.24) is 5.32 Å². The average Bonchev–Trinajstić information content (AvgIpc) is 2.59. The highest BCUT2D eigenvalue weighted by Crippen LogP contribution is 2.26. The highest BCUT2D eigenvalue weighted by molar-refractivity contribution is 5.95. The van der Waals surface area contributed by atoms with E-state index >= 15 is 0 Å². The molecule has 0 saturated heterocycles. The summed E-state index contributed by atoms with van der Waals surface area (Å²) in [6, 6.07) is 12.4. The first-order valence-corrected chi connectivity index (χ1v) is 7.38. The maximum absolute atomic E-state index is 11.6. The van der Waals surface area contributed by atoms with Crippen LogP contribution in [0, 0.1) is 10.1 Å². The number of carbonyl (C=O) groups excluding carboxylic acids is 1. The predicted octanol–water partition coefficient (Wildman–Crippen LogP) is 3.13. The van der Waals surface area contributed by atoms with Crippen molar-refractivity contribution in [3.05, 3.63) is 69.3 Å². The third-order valence-electron chi connectivity index (χ3n) is 3.65. The van der Waals surface area contributed by atoms with Crippen LogP contribution in [0.25, 0.3) is 0 Å². The van der Waals surface area contributed by atoms with Crippen molar-refractivity contribution in [2.24, 2.45) is 0 Å². The van der Waals surface area contributed by atoms with Crippen molar-refractivity contribution in [3.8, 4) is 0 Å². The summed E-state index contributed by atoms with van der Waals surface area (Å²) in [6.07, 6.45) is 0.898. The molecule has 0 heterocycles. The second-order valence-electron chi connectivity index (χ2n) is 5.04. The van der Waals surface area contributed by atoms with Gasteiger partial charge in [0.1, 0.15) is 5.69 Å². The molecule has 0 unspecified atom stereocenters. The number of hydrogen-bond acceptors (Lipinski definition) is 4. The summed E-state index contributed by atoms with van der Waals surface area (Å²) in [5, 5.41) is 16.8. The normalized spacial score (nSPS) is 10.2. The van der Waals surface area contributed by atoms with Gasteiger partial charge in [-0.3, -0.25) is 14.9 Å². The number of hydrogen-bond donors (Lipinski definition) is 2. The lowest BCUT2D eigenvalue weighted by atomic mass is 10.1. The van der Waals surface area contributed by atoms with Crippen LogP contribution in [-0.4, -0.2) is 17.9 Å². The van der Waals surface area contributed by atoms with Gasteiger partial charge in [-0.15, -0.1) is 0 Å². The van der Waals surface area contributed by atoms with Gasteiger partial charge in [0.2, 0.25) is 0 Å². The summed E-state index contributed by atoms with van der Waals surface area (Å²) in [7, 11) is 1.49. The quantitative estimate of drug-likeness (QED) is 0.634. The van der Waals surface area contributed by atoms with Gasteiger partial charge in [-0.05, 0) is 29.7 Å². The molecule has 2 rings (SSSR count). The summed E-state index contributed by atoms with van der Waals surface area (Å²) >= 11 is 0. The Labute approximate surface area is 134 Å². The first kappa shape index (κ1) is 16.5. The molecule has 0 aromatic heterocycles. The van der Waals surface area contributed by atoms with Gasteiger partial charge < -0.3 is 10.6 Å². The summed E-state index contributed by atoms with van der Waals surface area (Å²) in [5.74, 6) is -0.351. The molecule has 0 atom stereocenters. The largest absolute Gasteiger partial charge is 0.375 e.